The molecule has 1 heterocycles. The molecule has 0 radical (unpaired) electrons. The van der Waals surface area contributed by atoms with E-state index in [0.717, 1.165) is 25.1 Å². The first-order chi connectivity index (χ1) is 9.60. The van der Waals surface area contributed by atoms with Crippen LogP contribution in [0.15, 0.2) is 22.6 Å². The Morgan fingerprint density at radius 2 is 2.10 bits per heavy atom. The number of aromatic nitrogens is 2. The van der Waals surface area contributed by atoms with E-state index in [2.05, 4.69) is 27.8 Å². The van der Waals surface area contributed by atoms with Gasteiger partial charge >= 0.3 is 6.01 Å². The predicted octanol–water partition coefficient (Wildman–Crippen LogP) is 3.15. The Bertz CT molecular complexity index is 573. The molecule has 1 aromatic carbocycles. The Morgan fingerprint density at radius 3 is 2.80 bits per heavy atom. The zero-order valence-electron chi connectivity index (χ0n) is 11.3. The van der Waals surface area contributed by atoms with Crippen LogP contribution in [0.3, 0.4) is 0 Å². The van der Waals surface area contributed by atoms with Crippen LogP contribution in [0.25, 0.3) is 0 Å². The lowest BCUT2D eigenvalue weighted by Gasteiger charge is -2.07. The summed E-state index contributed by atoms with van der Waals surface area (Å²) in [5.74, 6) is -0.956. The van der Waals surface area contributed by atoms with E-state index in [9.17, 15) is 8.78 Å². The zero-order chi connectivity index (χ0) is 14.5. The van der Waals surface area contributed by atoms with E-state index < -0.39 is 11.6 Å². The minimum atomic E-state index is -0.720. The van der Waals surface area contributed by atoms with Gasteiger partial charge < -0.3 is 15.1 Å². The number of nitrogens with one attached hydrogen (secondary N) is 2. The molecule has 2 aromatic rings. The van der Waals surface area contributed by atoms with E-state index in [-0.39, 0.29) is 17.7 Å². The monoisotopic (exact) mass is 282 g/mol. The lowest BCUT2D eigenvalue weighted by molar-refractivity contribution is 0.424. The highest BCUT2D eigenvalue weighted by molar-refractivity contribution is 5.52. The van der Waals surface area contributed by atoms with Crippen LogP contribution in [-0.4, -0.2) is 16.7 Å². The first-order valence-electron chi connectivity index (χ1n) is 6.39. The molecule has 2 rings (SSSR count). The number of halogens is 2. The smallest absolute Gasteiger partial charge is 0.320 e. The highest BCUT2D eigenvalue weighted by atomic mass is 19.1. The Labute approximate surface area is 115 Å². The molecule has 0 spiro atoms. The summed E-state index contributed by atoms with van der Waals surface area (Å²) in [6.45, 7) is 4.78. The van der Waals surface area contributed by atoms with Gasteiger partial charge in [-0.25, -0.2) is 8.78 Å². The fourth-order valence-electron chi connectivity index (χ4n) is 1.61. The summed E-state index contributed by atoms with van der Waals surface area (Å²) >= 11 is 0. The third-order valence-corrected chi connectivity index (χ3v) is 2.68. The summed E-state index contributed by atoms with van der Waals surface area (Å²) in [5, 5.41) is 13.5. The molecular weight excluding hydrogens is 266 g/mol. The second kappa shape index (κ2) is 6.42. The molecule has 1 atom stereocenters. The number of nitrogens with zero attached hydrogens (tertiary/aromatic N) is 2. The molecule has 0 aliphatic rings. The molecule has 0 saturated carbocycles. The zero-order valence-corrected chi connectivity index (χ0v) is 11.3. The van der Waals surface area contributed by atoms with Crippen LogP contribution in [-0.2, 0) is 0 Å². The van der Waals surface area contributed by atoms with Crippen LogP contribution in [0.1, 0.15) is 32.2 Å². The number of benzene rings is 1. The van der Waals surface area contributed by atoms with Crippen molar-refractivity contribution in [2.45, 2.75) is 26.3 Å². The summed E-state index contributed by atoms with van der Waals surface area (Å²) in [6, 6.07) is 3.18. The Kier molecular flexibility index (Phi) is 4.62. The molecule has 0 amide bonds. The summed E-state index contributed by atoms with van der Waals surface area (Å²) < 4.78 is 31.6. The summed E-state index contributed by atoms with van der Waals surface area (Å²) in [7, 11) is 0. The molecule has 0 saturated heterocycles. The molecule has 20 heavy (non-hydrogen) atoms. The number of anilines is 2. The third-order valence-electron chi connectivity index (χ3n) is 2.68. The lowest BCUT2D eigenvalue weighted by atomic mass is 10.3. The van der Waals surface area contributed by atoms with Gasteiger partial charge in [0.1, 0.15) is 11.6 Å². The van der Waals surface area contributed by atoms with Gasteiger partial charge in [0, 0.05) is 6.07 Å². The van der Waals surface area contributed by atoms with Gasteiger partial charge in [-0.3, -0.25) is 0 Å². The van der Waals surface area contributed by atoms with Gasteiger partial charge in [-0.2, -0.15) is 0 Å². The fourth-order valence-corrected chi connectivity index (χ4v) is 1.61. The average Bonchev–Trinajstić information content (AvgIpc) is 2.88. The highest BCUT2D eigenvalue weighted by Crippen LogP contribution is 2.21. The maximum atomic E-state index is 13.5. The van der Waals surface area contributed by atoms with Gasteiger partial charge in [-0.15, -0.1) is 5.10 Å². The highest BCUT2D eigenvalue weighted by Gasteiger charge is 2.14. The van der Waals surface area contributed by atoms with Crippen LogP contribution in [0.5, 0.6) is 0 Å². The summed E-state index contributed by atoms with van der Waals surface area (Å²) in [5.41, 5.74) is 0.0794. The van der Waals surface area contributed by atoms with Crippen molar-refractivity contribution in [2.75, 3.05) is 11.9 Å². The van der Waals surface area contributed by atoms with Gasteiger partial charge in [-0.1, -0.05) is 12.0 Å². The van der Waals surface area contributed by atoms with Crippen LogP contribution in [0, 0.1) is 11.6 Å². The maximum Gasteiger partial charge on any atom is 0.320 e. The van der Waals surface area contributed by atoms with E-state index in [1.165, 1.54) is 6.07 Å². The van der Waals surface area contributed by atoms with E-state index >= 15 is 0 Å². The fraction of sp³-hybridized carbons (Fsp3) is 0.385. The van der Waals surface area contributed by atoms with Crippen molar-refractivity contribution in [3.05, 3.63) is 35.7 Å². The number of hydrogen-bond acceptors (Lipinski definition) is 5. The normalized spacial score (nSPS) is 12.4. The molecule has 0 bridgehead atoms. The van der Waals surface area contributed by atoms with Crippen molar-refractivity contribution in [3.8, 4) is 0 Å². The lowest BCUT2D eigenvalue weighted by Crippen LogP contribution is -2.19. The van der Waals surface area contributed by atoms with Crippen LogP contribution in [0.2, 0.25) is 0 Å². The SMILES string of the molecule is CCCNC(C)c1nnc(Nc2ccc(F)cc2F)o1. The van der Waals surface area contributed by atoms with Crippen LogP contribution in [0.4, 0.5) is 20.5 Å². The molecule has 2 N–H and O–H groups in total. The first-order valence-corrected chi connectivity index (χ1v) is 6.39. The summed E-state index contributed by atoms with van der Waals surface area (Å²) in [6.07, 6.45) is 0.990. The quantitative estimate of drug-likeness (QED) is 0.852. The molecule has 0 fully saturated rings. The van der Waals surface area contributed by atoms with Crippen LogP contribution >= 0.6 is 0 Å². The Morgan fingerprint density at radius 1 is 1.30 bits per heavy atom. The molecule has 7 heteroatoms. The van der Waals surface area contributed by atoms with Gasteiger partial charge in [0.2, 0.25) is 5.89 Å². The van der Waals surface area contributed by atoms with E-state index in [1.54, 1.807) is 0 Å². The maximum absolute atomic E-state index is 13.5. The second-order valence-corrected chi connectivity index (χ2v) is 4.37. The van der Waals surface area contributed by atoms with Gasteiger partial charge in [-0.05, 0) is 32.0 Å². The van der Waals surface area contributed by atoms with Crippen molar-refractivity contribution in [1.82, 2.24) is 15.5 Å². The number of rotatable bonds is 6. The van der Waals surface area contributed by atoms with Gasteiger partial charge in [0.05, 0.1) is 11.7 Å². The van der Waals surface area contributed by atoms with E-state index in [1.807, 2.05) is 6.92 Å². The van der Waals surface area contributed by atoms with Gasteiger partial charge in [0.15, 0.2) is 0 Å². The third kappa shape index (κ3) is 3.51. The van der Waals surface area contributed by atoms with Crippen molar-refractivity contribution in [3.63, 3.8) is 0 Å². The Balaban J connectivity index is 2.05. The largest absolute Gasteiger partial charge is 0.406 e. The molecule has 0 aliphatic carbocycles. The van der Waals surface area contributed by atoms with Crippen molar-refractivity contribution < 1.29 is 13.2 Å². The standard InChI is InChI=1S/C13H16F2N4O/c1-3-6-16-8(2)12-18-19-13(20-12)17-11-5-4-9(14)7-10(11)15/h4-5,7-8,16H,3,6H2,1-2H3,(H,17,19). The van der Waals surface area contributed by atoms with Crippen LogP contribution < -0.4 is 10.6 Å². The molecule has 1 unspecified atom stereocenters. The topological polar surface area (TPSA) is 63.0 Å². The average molecular weight is 282 g/mol. The summed E-state index contributed by atoms with van der Waals surface area (Å²) in [4.78, 5) is 0. The molecule has 5 nitrogen and oxygen atoms in total. The predicted molar refractivity (Wildman–Crippen MR) is 70.6 cm³/mol. The Hall–Kier alpha value is -2.02. The number of hydrogen-bond donors (Lipinski definition) is 2. The molecule has 1 aromatic heterocycles. The van der Waals surface area contributed by atoms with E-state index in [0.29, 0.717) is 5.89 Å². The minimum absolute atomic E-state index is 0.0654. The molecule has 108 valence electrons. The van der Waals surface area contributed by atoms with Crippen molar-refractivity contribution in [2.24, 2.45) is 0 Å². The van der Waals surface area contributed by atoms with Gasteiger partial charge in [0.25, 0.3) is 0 Å². The minimum Gasteiger partial charge on any atom is -0.406 e. The molecule has 0 aliphatic heterocycles. The second-order valence-electron chi connectivity index (χ2n) is 4.37. The first kappa shape index (κ1) is 14.4. The molecular formula is C13H16F2N4O. The van der Waals surface area contributed by atoms with Crippen molar-refractivity contribution in [1.29, 1.82) is 0 Å². The van der Waals surface area contributed by atoms with Crippen molar-refractivity contribution >= 4 is 11.7 Å². The van der Waals surface area contributed by atoms with E-state index in [4.69, 9.17) is 4.42 Å².